The molecule has 4 aromatic rings. The van der Waals surface area contributed by atoms with E-state index in [1.54, 1.807) is 0 Å². The molecule has 3 nitrogen and oxygen atoms in total. The van der Waals surface area contributed by atoms with Crippen molar-refractivity contribution in [1.29, 1.82) is 0 Å². The molecule has 0 bridgehead atoms. The normalized spacial score (nSPS) is 11.4. The van der Waals surface area contributed by atoms with Gasteiger partial charge in [0.05, 0.1) is 11.4 Å². The Balaban J connectivity index is 1.82. The Hall–Kier alpha value is -3.31. The van der Waals surface area contributed by atoms with Gasteiger partial charge in [-0.05, 0) is 31.5 Å². The first kappa shape index (κ1) is 25.8. The van der Waals surface area contributed by atoms with Gasteiger partial charge in [0, 0.05) is 36.3 Å². The highest BCUT2D eigenvalue weighted by Gasteiger charge is 2.23. The molecule has 0 unspecified atom stereocenters. The zero-order chi connectivity index (χ0) is 25.3. The Morgan fingerprint density at radius 3 is 1.94 bits per heavy atom. The van der Waals surface area contributed by atoms with Crippen LogP contribution in [0.25, 0.3) is 22.6 Å². The molecule has 1 heterocycles. The Labute approximate surface area is 213 Å². The van der Waals surface area contributed by atoms with Crippen molar-refractivity contribution in [3.63, 3.8) is 0 Å². The van der Waals surface area contributed by atoms with Crippen LogP contribution >= 0.6 is 0 Å². The molecule has 0 saturated carbocycles. The van der Waals surface area contributed by atoms with E-state index in [4.69, 9.17) is 4.98 Å². The summed E-state index contributed by atoms with van der Waals surface area (Å²) in [7, 11) is 0. The minimum absolute atomic E-state index is 0.123. The number of rotatable bonds is 12. The van der Waals surface area contributed by atoms with Crippen molar-refractivity contribution in [3.8, 4) is 22.6 Å². The van der Waals surface area contributed by atoms with Gasteiger partial charge in [-0.15, -0.1) is 0 Å². The number of hydrogen-bond donors (Lipinski definition) is 0. The summed E-state index contributed by atoms with van der Waals surface area (Å²) in [6, 6.07) is 24.6. The van der Waals surface area contributed by atoms with E-state index in [2.05, 4.69) is 47.6 Å². The van der Waals surface area contributed by atoms with E-state index in [1.165, 1.54) is 18.2 Å². The molecule has 0 fully saturated rings. The second-order valence-corrected chi connectivity index (χ2v) is 9.23. The van der Waals surface area contributed by atoms with Gasteiger partial charge >= 0.3 is 0 Å². The van der Waals surface area contributed by atoms with E-state index in [9.17, 15) is 8.78 Å². The van der Waals surface area contributed by atoms with E-state index < -0.39 is 11.6 Å². The van der Waals surface area contributed by atoms with Crippen LogP contribution in [-0.2, 0) is 19.6 Å². The van der Waals surface area contributed by atoms with E-state index in [0.717, 1.165) is 67.1 Å². The number of hydrogen-bond acceptors (Lipinski definition) is 2. The molecule has 0 N–H and O–H groups in total. The lowest BCUT2D eigenvalue weighted by molar-refractivity contribution is 0.239. The fourth-order valence-corrected chi connectivity index (χ4v) is 4.55. The summed E-state index contributed by atoms with van der Waals surface area (Å²) in [5.74, 6) is -0.0566. The van der Waals surface area contributed by atoms with E-state index in [0.29, 0.717) is 6.54 Å². The number of benzene rings is 3. The lowest BCUT2D eigenvalue weighted by Crippen LogP contribution is -2.27. The molecule has 0 aliphatic carbocycles. The Kier molecular flexibility index (Phi) is 9.01. The monoisotopic (exact) mass is 487 g/mol. The van der Waals surface area contributed by atoms with E-state index >= 15 is 0 Å². The van der Waals surface area contributed by atoms with Gasteiger partial charge in [-0.1, -0.05) is 93.4 Å². The maximum atomic E-state index is 14.6. The minimum Gasteiger partial charge on any atom is -0.326 e. The second kappa shape index (κ2) is 12.6. The average Bonchev–Trinajstić information content (AvgIpc) is 3.26. The van der Waals surface area contributed by atoms with Crippen LogP contribution in [0.2, 0.25) is 0 Å². The molecule has 0 amide bonds. The largest absolute Gasteiger partial charge is 0.326 e. The molecule has 0 saturated heterocycles. The highest BCUT2D eigenvalue weighted by atomic mass is 19.1. The van der Waals surface area contributed by atoms with Gasteiger partial charge in [0.25, 0.3) is 0 Å². The summed E-state index contributed by atoms with van der Waals surface area (Å²) in [5.41, 5.74) is 4.25. The van der Waals surface area contributed by atoms with Crippen LogP contribution in [0.15, 0.2) is 78.9 Å². The molecule has 4 rings (SSSR count). The molecule has 0 atom stereocenters. The summed E-state index contributed by atoms with van der Waals surface area (Å²) >= 11 is 0. The third kappa shape index (κ3) is 6.08. The first-order chi connectivity index (χ1) is 17.6. The second-order valence-electron chi connectivity index (χ2n) is 9.23. The predicted octanol–water partition coefficient (Wildman–Crippen LogP) is 8.10. The zero-order valence-electron chi connectivity index (χ0n) is 21.3. The summed E-state index contributed by atoms with van der Waals surface area (Å²) in [5, 5.41) is 0. The van der Waals surface area contributed by atoms with Crippen LogP contribution in [0.4, 0.5) is 8.78 Å². The zero-order valence-corrected chi connectivity index (χ0v) is 21.3. The summed E-state index contributed by atoms with van der Waals surface area (Å²) in [4.78, 5) is 7.33. The van der Waals surface area contributed by atoms with Crippen molar-refractivity contribution in [2.24, 2.45) is 0 Å². The topological polar surface area (TPSA) is 21.1 Å². The van der Waals surface area contributed by atoms with Gasteiger partial charge in [0.1, 0.15) is 17.5 Å². The fraction of sp³-hybridized carbons (Fsp3) is 0.323. The van der Waals surface area contributed by atoms with E-state index in [-0.39, 0.29) is 12.1 Å². The van der Waals surface area contributed by atoms with Crippen molar-refractivity contribution in [3.05, 3.63) is 102 Å². The molecular formula is C31H35F2N3. The van der Waals surface area contributed by atoms with Crippen LogP contribution in [0.5, 0.6) is 0 Å². The third-order valence-corrected chi connectivity index (χ3v) is 6.53. The predicted molar refractivity (Wildman–Crippen MR) is 143 cm³/mol. The smallest absolute Gasteiger partial charge is 0.140 e. The van der Waals surface area contributed by atoms with Crippen molar-refractivity contribution in [1.82, 2.24) is 14.5 Å². The molecule has 1 aromatic heterocycles. The molecule has 5 heteroatoms. The fourth-order valence-electron chi connectivity index (χ4n) is 4.55. The summed E-state index contributed by atoms with van der Waals surface area (Å²) in [6.45, 7) is 6.68. The first-order valence-electron chi connectivity index (χ1n) is 13.0. The van der Waals surface area contributed by atoms with Gasteiger partial charge in [0.2, 0.25) is 0 Å². The Bertz CT molecular complexity index is 1220. The highest BCUT2D eigenvalue weighted by Crippen LogP contribution is 2.31. The van der Waals surface area contributed by atoms with Gasteiger partial charge in [0.15, 0.2) is 0 Å². The number of aromatic nitrogens is 2. The Morgan fingerprint density at radius 2 is 1.33 bits per heavy atom. The molecule has 3 aromatic carbocycles. The number of unbranched alkanes of at least 4 members (excludes halogenated alkanes) is 2. The lowest BCUT2D eigenvalue weighted by atomic mass is 10.1. The van der Waals surface area contributed by atoms with Crippen LogP contribution in [0.3, 0.4) is 0 Å². The highest BCUT2D eigenvalue weighted by molar-refractivity contribution is 5.68. The maximum Gasteiger partial charge on any atom is 0.140 e. The molecular weight excluding hydrogens is 452 g/mol. The van der Waals surface area contributed by atoms with Crippen LogP contribution in [-0.4, -0.2) is 21.0 Å². The quantitative estimate of drug-likeness (QED) is 0.201. The first-order valence-corrected chi connectivity index (χ1v) is 13.0. The lowest BCUT2D eigenvalue weighted by Gasteiger charge is -2.24. The van der Waals surface area contributed by atoms with Crippen molar-refractivity contribution in [2.45, 2.75) is 59.2 Å². The van der Waals surface area contributed by atoms with Crippen molar-refractivity contribution < 1.29 is 8.78 Å². The van der Waals surface area contributed by atoms with E-state index in [1.807, 2.05) is 36.4 Å². The molecule has 36 heavy (non-hydrogen) atoms. The molecule has 0 spiro atoms. The van der Waals surface area contributed by atoms with Crippen molar-refractivity contribution >= 4 is 0 Å². The van der Waals surface area contributed by atoms with Gasteiger partial charge in [-0.3, -0.25) is 4.90 Å². The van der Waals surface area contributed by atoms with Gasteiger partial charge < -0.3 is 4.57 Å². The third-order valence-electron chi connectivity index (χ3n) is 6.53. The maximum absolute atomic E-state index is 14.6. The van der Waals surface area contributed by atoms with Crippen LogP contribution in [0, 0.1) is 11.6 Å². The standard InChI is InChI=1S/C31H35F2N3/c1-3-5-20-35(22-26-27(32)18-13-19-28(26)33)23-29-30(24-14-9-7-10-15-24)34-31(36(29)21-6-4-2)25-16-11-8-12-17-25/h7-19H,3-6,20-23H2,1-2H3. The number of nitrogens with zero attached hydrogens (tertiary/aromatic N) is 3. The summed E-state index contributed by atoms with van der Waals surface area (Å²) in [6.07, 6.45) is 4.04. The minimum atomic E-state index is -0.496. The Morgan fingerprint density at radius 1 is 0.722 bits per heavy atom. The van der Waals surface area contributed by atoms with Crippen LogP contribution in [0.1, 0.15) is 50.8 Å². The van der Waals surface area contributed by atoms with Gasteiger partial charge in [-0.2, -0.15) is 0 Å². The average molecular weight is 488 g/mol. The molecule has 0 aliphatic heterocycles. The van der Waals surface area contributed by atoms with Crippen molar-refractivity contribution in [2.75, 3.05) is 6.54 Å². The van der Waals surface area contributed by atoms with Gasteiger partial charge in [-0.25, -0.2) is 13.8 Å². The molecule has 188 valence electrons. The summed E-state index contributed by atoms with van der Waals surface area (Å²) < 4.78 is 31.5. The number of imidazole rings is 1. The SMILES string of the molecule is CCCCN(Cc1c(F)cccc1F)Cc1c(-c2ccccc2)nc(-c2ccccc2)n1CCCC. The number of halogens is 2. The molecule has 0 radical (unpaired) electrons. The van der Waals surface area contributed by atoms with Crippen LogP contribution < -0.4 is 0 Å². The molecule has 0 aliphatic rings.